The van der Waals surface area contributed by atoms with Gasteiger partial charge in [-0.15, -0.1) is 0 Å². The van der Waals surface area contributed by atoms with E-state index in [1.54, 1.807) is 0 Å². The van der Waals surface area contributed by atoms with Crippen LogP contribution in [0.5, 0.6) is 11.5 Å². The molecule has 0 radical (unpaired) electrons. The van der Waals surface area contributed by atoms with E-state index in [-0.39, 0.29) is 47.5 Å². The minimum atomic E-state index is -0.605. The van der Waals surface area contributed by atoms with Gasteiger partial charge in [0.25, 0.3) is 11.4 Å². The maximum Gasteiger partial charge on any atom is 0.295 e. The van der Waals surface area contributed by atoms with Crippen molar-refractivity contribution in [2.75, 3.05) is 24.7 Å². The molecular formula is C14H14N4O6. The summed E-state index contributed by atoms with van der Waals surface area (Å²) in [7, 11) is 0. The topological polar surface area (TPSA) is 157 Å². The van der Waals surface area contributed by atoms with Crippen molar-refractivity contribution in [3.8, 4) is 11.5 Å². The van der Waals surface area contributed by atoms with Crippen LogP contribution in [0.15, 0.2) is 36.4 Å². The lowest BCUT2D eigenvalue weighted by atomic mass is 10.2. The number of nitrogens with zero attached hydrogens (tertiary/aromatic N) is 2. The Kier molecular flexibility index (Phi) is 5.00. The van der Waals surface area contributed by atoms with Crippen LogP contribution in [0.4, 0.5) is 22.7 Å². The molecule has 24 heavy (non-hydrogen) atoms. The van der Waals surface area contributed by atoms with E-state index in [4.69, 9.17) is 20.9 Å². The van der Waals surface area contributed by atoms with Crippen LogP contribution < -0.4 is 20.9 Å². The fourth-order valence-corrected chi connectivity index (χ4v) is 1.86. The molecule has 2 aromatic rings. The van der Waals surface area contributed by atoms with E-state index in [1.807, 2.05) is 0 Å². The maximum atomic E-state index is 10.8. The summed E-state index contributed by atoms with van der Waals surface area (Å²) in [5.41, 5.74) is 10.6. The Morgan fingerprint density at radius 2 is 1.17 bits per heavy atom. The lowest BCUT2D eigenvalue weighted by Crippen LogP contribution is -2.09. The monoisotopic (exact) mass is 334 g/mol. The second kappa shape index (κ2) is 7.13. The molecule has 0 atom stereocenters. The first-order valence-corrected chi connectivity index (χ1v) is 6.72. The van der Waals surface area contributed by atoms with Crippen molar-refractivity contribution < 1.29 is 19.3 Å². The van der Waals surface area contributed by atoms with Crippen LogP contribution in [0.1, 0.15) is 0 Å². The van der Waals surface area contributed by atoms with E-state index in [0.29, 0.717) is 0 Å². The predicted octanol–water partition coefficient (Wildman–Crippen LogP) is 2.13. The highest BCUT2D eigenvalue weighted by Gasteiger charge is 2.13. The van der Waals surface area contributed by atoms with Crippen molar-refractivity contribution >= 4 is 22.7 Å². The molecule has 126 valence electrons. The van der Waals surface area contributed by atoms with Gasteiger partial charge in [-0.2, -0.15) is 0 Å². The quantitative estimate of drug-likeness (QED) is 0.337. The van der Waals surface area contributed by atoms with Crippen LogP contribution in [0, 0.1) is 20.2 Å². The first-order valence-electron chi connectivity index (χ1n) is 6.72. The van der Waals surface area contributed by atoms with E-state index in [9.17, 15) is 20.2 Å². The molecule has 0 heterocycles. The minimum absolute atomic E-state index is 0.0396. The van der Waals surface area contributed by atoms with Gasteiger partial charge in [-0.25, -0.2) is 0 Å². The normalized spacial score (nSPS) is 10.2. The molecular weight excluding hydrogens is 320 g/mol. The lowest BCUT2D eigenvalue weighted by Gasteiger charge is -2.09. The number of nitrogens with two attached hydrogens (primary N) is 2. The highest BCUT2D eigenvalue weighted by atomic mass is 16.6. The molecule has 2 rings (SSSR count). The summed E-state index contributed by atoms with van der Waals surface area (Å²) in [5, 5.41) is 21.6. The van der Waals surface area contributed by atoms with Gasteiger partial charge >= 0.3 is 0 Å². The van der Waals surface area contributed by atoms with E-state index in [1.165, 1.54) is 36.4 Å². The smallest absolute Gasteiger partial charge is 0.295 e. The number of nitro groups is 2. The number of hydrogen-bond donors (Lipinski definition) is 2. The van der Waals surface area contributed by atoms with Crippen molar-refractivity contribution in [2.24, 2.45) is 0 Å². The van der Waals surface area contributed by atoms with Gasteiger partial charge < -0.3 is 20.9 Å². The molecule has 0 saturated heterocycles. The zero-order valence-electron chi connectivity index (χ0n) is 12.4. The van der Waals surface area contributed by atoms with Crippen LogP contribution >= 0.6 is 0 Å². The molecule has 10 nitrogen and oxygen atoms in total. The highest BCUT2D eigenvalue weighted by Crippen LogP contribution is 2.27. The average Bonchev–Trinajstić information content (AvgIpc) is 2.53. The van der Waals surface area contributed by atoms with E-state index in [2.05, 4.69) is 0 Å². The van der Waals surface area contributed by atoms with Crippen molar-refractivity contribution in [1.82, 2.24) is 0 Å². The Bertz CT molecular complexity index is 714. The third-order valence-corrected chi connectivity index (χ3v) is 3.02. The van der Waals surface area contributed by atoms with Gasteiger partial charge in [0.1, 0.15) is 36.1 Å². The largest absolute Gasteiger partial charge is 0.490 e. The van der Waals surface area contributed by atoms with Gasteiger partial charge in [-0.3, -0.25) is 20.2 Å². The van der Waals surface area contributed by atoms with Crippen LogP contribution in [-0.4, -0.2) is 23.1 Å². The molecule has 0 aliphatic carbocycles. The molecule has 0 spiro atoms. The van der Waals surface area contributed by atoms with Gasteiger partial charge in [0, 0.05) is 0 Å². The number of nitrogen functional groups attached to an aromatic ring is 2. The van der Waals surface area contributed by atoms with Crippen LogP contribution in [0.2, 0.25) is 0 Å². The summed E-state index contributed by atoms with van der Waals surface area (Å²) in [6, 6.07) is 8.16. The van der Waals surface area contributed by atoms with Crippen LogP contribution in [-0.2, 0) is 0 Å². The summed E-state index contributed by atoms with van der Waals surface area (Å²) in [5.74, 6) is 0.533. The summed E-state index contributed by atoms with van der Waals surface area (Å²) in [4.78, 5) is 20.4. The first-order chi connectivity index (χ1) is 11.4. The summed E-state index contributed by atoms with van der Waals surface area (Å²) >= 11 is 0. The van der Waals surface area contributed by atoms with E-state index < -0.39 is 9.85 Å². The molecule has 0 amide bonds. The van der Waals surface area contributed by atoms with Gasteiger partial charge in [0.05, 0.1) is 22.0 Å². The Balaban J connectivity index is 1.92. The van der Waals surface area contributed by atoms with Gasteiger partial charge in [-0.1, -0.05) is 0 Å². The first kappa shape index (κ1) is 16.8. The SMILES string of the molecule is Nc1ccc(OCCOc2ccc(N)c([N+](=O)[O-])c2)cc1[N+](=O)[O-]. The molecule has 0 fully saturated rings. The fraction of sp³-hybridized carbons (Fsp3) is 0.143. The lowest BCUT2D eigenvalue weighted by molar-refractivity contribution is -0.384. The zero-order valence-corrected chi connectivity index (χ0v) is 12.4. The predicted molar refractivity (Wildman–Crippen MR) is 86.0 cm³/mol. The Morgan fingerprint density at radius 1 is 0.792 bits per heavy atom. The van der Waals surface area contributed by atoms with Crippen LogP contribution in [0.25, 0.3) is 0 Å². The molecule has 0 unspecified atom stereocenters. The summed E-state index contributed by atoms with van der Waals surface area (Å²) < 4.78 is 10.7. The van der Waals surface area contributed by atoms with Gasteiger partial charge in [0.15, 0.2) is 0 Å². The average molecular weight is 334 g/mol. The van der Waals surface area contributed by atoms with Gasteiger partial charge in [-0.05, 0) is 24.3 Å². The molecule has 4 N–H and O–H groups in total. The molecule has 0 aliphatic rings. The highest BCUT2D eigenvalue weighted by molar-refractivity contribution is 5.61. The number of ether oxygens (including phenoxy) is 2. The van der Waals surface area contributed by atoms with Crippen molar-refractivity contribution in [3.05, 3.63) is 56.6 Å². The summed E-state index contributed by atoms with van der Waals surface area (Å²) in [6.07, 6.45) is 0. The standard InChI is InChI=1S/C14H14N4O6/c15-11-3-1-9(7-13(11)17(19)20)23-5-6-24-10-2-4-12(16)14(8-10)18(21)22/h1-4,7-8H,5-6,15-16H2. The molecule has 0 aliphatic heterocycles. The number of hydrogen-bond acceptors (Lipinski definition) is 8. The fourth-order valence-electron chi connectivity index (χ4n) is 1.86. The van der Waals surface area contributed by atoms with E-state index in [0.717, 1.165) is 0 Å². The number of benzene rings is 2. The third-order valence-electron chi connectivity index (χ3n) is 3.02. The van der Waals surface area contributed by atoms with Gasteiger partial charge in [0.2, 0.25) is 0 Å². The Hall–Kier alpha value is -3.56. The molecule has 0 saturated carbocycles. The second-order valence-corrected chi connectivity index (χ2v) is 4.65. The number of anilines is 2. The van der Waals surface area contributed by atoms with Crippen molar-refractivity contribution in [1.29, 1.82) is 0 Å². The third kappa shape index (κ3) is 4.00. The second-order valence-electron chi connectivity index (χ2n) is 4.65. The summed E-state index contributed by atoms with van der Waals surface area (Å²) in [6.45, 7) is 0.165. The molecule has 0 aromatic heterocycles. The van der Waals surface area contributed by atoms with Crippen LogP contribution in [0.3, 0.4) is 0 Å². The van der Waals surface area contributed by atoms with Crippen molar-refractivity contribution in [3.63, 3.8) is 0 Å². The number of nitro benzene ring substituents is 2. The number of rotatable bonds is 7. The molecule has 2 aromatic carbocycles. The molecule has 0 bridgehead atoms. The van der Waals surface area contributed by atoms with E-state index >= 15 is 0 Å². The Morgan fingerprint density at radius 3 is 1.50 bits per heavy atom. The maximum absolute atomic E-state index is 10.8. The zero-order chi connectivity index (χ0) is 17.7. The minimum Gasteiger partial charge on any atom is -0.490 e. The van der Waals surface area contributed by atoms with Crippen molar-refractivity contribution in [2.45, 2.75) is 0 Å². The Labute approximate surface area is 135 Å². The molecule has 10 heteroatoms.